The summed E-state index contributed by atoms with van der Waals surface area (Å²) in [5.74, 6) is 1.54. The van der Waals surface area contributed by atoms with E-state index in [9.17, 15) is 4.79 Å². The van der Waals surface area contributed by atoms with Gasteiger partial charge in [0.2, 0.25) is 5.91 Å². The molecular formula is C23H32N2O. The summed E-state index contributed by atoms with van der Waals surface area (Å²) >= 11 is 0. The van der Waals surface area contributed by atoms with E-state index in [0.717, 1.165) is 13.0 Å². The Bertz CT molecular complexity index is 790. The van der Waals surface area contributed by atoms with Crippen LogP contribution in [0.2, 0.25) is 0 Å². The van der Waals surface area contributed by atoms with Gasteiger partial charge in [0.05, 0.1) is 5.54 Å². The molecule has 0 aromatic heterocycles. The summed E-state index contributed by atoms with van der Waals surface area (Å²) in [6, 6.07) is 9.44. The van der Waals surface area contributed by atoms with Crippen LogP contribution in [0.15, 0.2) is 24.3 Å². The first-order valence-electron chi connectivity index (χ1n) is 10.5. The van der Waals surface area contributed by atoms with Gasteiger partial charge in [0.25, 0.3) is 0 Å². The molecular weight excluding hydrogens is 320 g/mol. The van der Waals surface area contributed by atoms with E-state index in [-0.39, 0.29) is 22.3 Å². The minimum absolute atomic E-state index is 0.107. The number of carbonyl (C=O) groups is 1. The zero-order chi connectivity index (χ0) is 18.5. The number of hydrogen-bond acceptors (Lipinski definition) is 2. The molecule has 2 heterocycles. The molecule has 1 aromatic carbocycles. The van der Waals surface area contributed by atoms with Gasteiger partial charge in [-0.25, -0.2) is 0 Å². The molecule has 1 aromatic rings. The molecule has 1 amide bonds. The molecule has 0 N–H and O–H groups in total. The summed E-state index contributed by atoms with van der Waals surface area (Å²) in [6.07, 6.45) is 4.83. The van der Waals surface area contributed by atoms with Crippen molar-refractivity contribution in [3.8, 4) is 0 Å². The lowest BCUT2D eigenvalue weighted by molar-refractivity contribution is -0.133. The first kappa shape index (κ1) is 16.6. The molecule has 3 nitrogen and oxygen atoms in total. The van der Waals surface area contributed by atoms with Gasteiger partial charge >= 0.3 is 0 Å². The highest BCUT2D eigenvalue weighted by atomic mass is 16.2. The Morgan fingerprint density at radius 1 is 1.27 bits per heavy atom. The molecule has 3 heteroatoms. The number of fused-ring (bicyclic) bond motifs is 3. The highest BCUT2D eigenvalue weighted by Gasteiger charge is 2.85. The third-order valence-electron chi connectivity index (χ3n) is 9.17. The molecule has 4 aliphatic rings. The van der Waals surface area contributed by atoms with Crippen molar-refractivity contribution in [3.05, 3.63) is 29.8 Å². The molecule has 2 saturated carbocycles. The van der Waals surface area contributed by atoms with Crippen molar-refractivity contribution < 1.29 is 4.79 Å². The van der Waals surface area contributed by atoms with Crippen LogP contribution in [0.25, 0.3) is 0 Å². The van der Waals surface area contributed by atoms with Gasteiger partial charge < -0.3 is 9.80 Å². The van der Waals surface area contributed by atoms with Crippen molar-refractivity contribution in [1.82, 2.24) is 4.90 Å². The van der Waals surface area contributed by atoms with E-state index >= 15 is 0 Å². The van der Waals surface area contributed by atoms with Gasteiger partial charge in [-0.3, -0.25) is 4.79 Å². The number of amides is 1. The van der Waals surface area contributed by atoms with Gasteiger partial charge in [-0.1, -0.05) is 45.4 Å². The van der Waals surface area contributed by atoms with Gasteiger partial charge in [0, 0.05) is 37.7 Å². The van der Waals surface area contributed by atoms with Crippen LogP contribution in [0.1, 0.15) is 58.9 Å². The maximum atomic E-state index is 12.7. The largest absolute Gasteiger partial charge is 0.367 e. The second kappa shape index (κ2) is 4.85. The van der Waals surface area contributed by atoms with E-state index < -0.39 is 0 Å². The Morgan fingerprint density at radius 3 is 2.69 bits per heavy atom. The summed E-state index contributed by atoms with van der Waals surface area (Å²) < 4.78 is 0. The summed E-state index contributed by atoms with van der Waals surface area (Å²) in [4.78, 5) is 17.6. The number of para-hydroxylation sites is 1. The van der Waals surface area contributed by atoms with Gasteiger partial charge in [-0.15, -0.1) is 0 Å². The normalized spacial score (nSPS) is 45.0. The fourth-order valence-electron chi connectivity index (χ4n) is 9.01. The number of carbonyl (C=O) groups excluding carboxylic acids is 1. The third-order valence-corrected chi connectivity index (χ3v) is 9.17. The van der Waals surface area contributed by atoms with Gasteiger partial charge in [0.15, 0.2) is 0 Å². The molecule has 140 valence electrons. The molecule has 2 aliphatic heterocycles. The molecule has 5 rings (SSSR count). The predicted molar refractivity (Wildman–Crippen MR) is 105 cm³/mol. The maximum absolute atomic E-state index is 12.7. The fraction of sp³-hybridized carbons (Fsp3) is 0.696. The highest BCUT2D eigenvalue weighted by Crippen LogP contribution is 2.80. The molecule has 2 bridgehead atoms. The van der Waals surface area contributed by atoms with Crippen LogP contribution in [0.3, 0.4) is 0 Å². The molecule has 1 saturated heterocycles. The average Bonchev–Trinajstić information content (AvgIpc) is 3.23. The number of rotatable bonds is 2. The molecule has 2 spiro atoms. The molecule has 3 fully saturated rings. The SMILES string of the molecule is CCC[C@]12C[C@@H](C)[C@]3([C@@H]1C)N(C)c1ccccc1[C@@]31CCN(C(C)=O)[C@@H]21. The van der Waals surface area contributed by atoms with Crippen molar-refractivity contribution in [2.75, 3.05) is 18.5 Å². The van der Waals surface area contributed by atoms with Crippen molar-refractivity contribution in [2.45, 2.75) is 70.4 Å². The summed E-state index contributed by atoms with van der Waals surface area (Å²) in [7, 11) is 2.33. The van der Waals surface area contributed by atoms with Crippen LogP contribution < -0.4 is 4.90 Å². The zero-order valence-corrected chi connectivity index (χ0v) is 16.9. The number of benzene rings is 1. The lowest BCUT2D eigenvalue weighted by atomic mass is 9.57. The number of likely N-dealkylation sites (tertiary alicyclic amines) is 1. The van der Waals surface area contributed by atoms with Crippen LogP contribution in [0, 0.1) is 17.3 Å². The first-order valence-corrected chi connectivity index (χ1v) is 10.5. The topological polar surface area (TPSA) is 23.6 Å². The van der Waals surface area contributed by atoms with Gasteiger partial charge in [-0.05, 0) is 48.1 Å². The Balaban J connectivity index is 1.85. The highest BCUT2D eigenvalue weighted by molar-refractivity contribution is 5.78. The second-order valence-corrected chi connectivity index (χ2v) is 9.55. The predicted octanol–water partition coefficient (Wildman–Crippen LogP) is 4.21. The Hall–Kier alpha value is -1.51. The fourth-order valence-corrected chi connectivity index (χ4v) is 9.01. The lowest BCUT2D eigenvalue weighted by Crippen LogP contribution is -2.63. The lowest BCUT2D eigenvalue weighted by Gasteiger charge is -2.52. The van der Waals surface area contributed by atoms with Crippen molar-refractivity contribution >= 4 is 11.6 Å². The first-order chi connectivity index (χ1) is 12.4. The number of nitrogens with zero attached hydrogens (tertiary/aromatic N) is 2. The van der Waals surface area contributed by atoms with Gasteiger partial charge in [0.1, 0.15) is 0 Å². The molecule has 0 radical (unpaired) electrons. The van der Waals surface area contributed by atoms with Crippen LogP contribution in [-0.2, 0) is 10.2 Å². The zero-order valence-electron chi connectivity index (χ0n) is 16.9. The maximum Gasteiger partial charge on any atom is 0.219 e. The Morgan fingerprint density at radius 2 is 2.00 bits per heavy atom. The Labute approximate surface area is 157 Å². The molecule has 6 atom stereocenters. The smallest absolute Gasteiger partial charge is 0.219 e. The monoisotopic (exact) mass is 352 g/mol. The standard InChI is InChI=1S/C23H32N2O/c1-6-11-21-14-15(2)23(16(21)3)22(12-13-25(17(4)26)20(21)22)18-9-7-8-10-19(18)24(23)5/h7-10,15-16,20H,6,11-14H2,1-5H3/t15-,16-,20+,21+,22-,23-/m1/s1. The van der Waals surface area contributed by atoms with Gasteiger partial charge in [-0.2, -0.15) is 0 Å². The van der Waals surface area contributed by atoms with E-state index in [2.05, 4.69) is 61.9 Å². The summed E-state index contributed by atoms with van der Waals surface area (Å²) in [5, 5.41) is 0. The average molecular weight is 353 g/mol. The molecule has 2 aliphatic carbocycles. The minimum atomic E-state index is 0.107. The second-order valence-electron chi connectivity index (χ2n) is 9.55. The van der Waals surface area contributed by atoms with Crippen LogP contribution in [0.4, 0.5) is 5.69 Å². The summed E-state index contributed by atoms with van der Waals surface area (Å²) in [5.41, 5.74) is 3.45. The van der Waals surface area contributed by atoms with Crippen molar-refractivity contribution in [1.29, 1.82) is 0 Å². The third kappa shape index (κ3) is 1.36. The minimum Gasteiger partial charge on any atom is -0.367 e. The van der Waals surface area contributed by atoms with Crippen molar-refractivity contribution in [2.24, 2.45) is 17.3 Å². The van der Waals surface area contributed by atoms with Crippen LogP contribution >= 0.6 is 0 Å². The van der Waals surface area contributed by atoms with E-state index in [0.29, 0.717) is 17.9 Å². The van der Waals surface area contributed by atoms with Crippen molar-refractivity contribution in [3.63, 3.8) is 0 Å². The number of anilines is 1. The number of likely N-dealkylation sites (N-methyl/N-ethyl adjacent to an activating group) is 1. The number of hydrogen-bond donors (Lipinski definition) is 0. The molecule has 0 unspecified atom stereocenters. The van der Waals surface area contributed by atoms with E-state index in [1.807, 2.05) is 0 Å². The van der Waals surface area contributed by atoms with E-state index in [1.165, 1.54) is 30.5 Å². The molecule has 26 heavy (non-hydrogen) atoms. The quantitative estimate of drug-likeness (QED) is 0.796. The Kier molecular flexibility index (Phi) is 3.11. The van der Waals surface area contributed by atoms with E-state index in [4.69, 9.17) is 0 Å². The van der Waals surface area contributed by atoms with E-state index in [1.54, 1.807) is 6.92 Å². The van der Waals surface area contributed by atoms with Crippen LogP contribution in [-0.4, -0.2) is 36.0 Å². The van der Waals surface area contributed by atoms with Crippen LogP contribution in [0.5, 0.6) is 0 Å². The summed E-state index contributed by atoms with van der Waals surface area (Å²) in [6.45, 7) is 10.0.